The third kappa shape index (κ3) is 4.74. The van der Waals surface area contributed by atoms with Crippen molar-refractivity contribution in [2.75, 3.05) is 11.6 Å². The van der Waals surface area contributed by atoms with Crippen LogP contribution in [0.1, 0.15) is 0 Å². The Balaban J connectivity index is 1.83. The van der Waals surface area contributed by atoms with Gasteiger partial charge in [-0.25, -0.2) is 22.9 Å². The number of carbonyl (C=O) groups is 1. The number of amides is 2. The molecule has 0 aliphatic carbocycles. The zero-order valence-electron chi connectivity index (χ0n) is 14.3. The number of anilines is 1. The summed E-state index contributed by atoms with van der Waals surface area (Å²) in [5.41, 5.74) is 0.667. The third-order valence-corrected chi connectivity index (χ3v) is 5.69. The quantitative estimate of drug-likeness (QED) is 0.584. The van der Waals surface area contributed by atoms with E-state index in [4.69, 9.17) is 11.6 Å². The summed E-state index contributed by atoms with van der Waals surface area (Å²) in [5.74, 6) is 0.212. The normalized spacial score (nSPS) is 11.1. The van der Waals surface area contributed by atoms with E-state index < -0.39 is 16.1 Å². The van der Waals surface area contributed by atoms with Crippen LogP contribution in [0, 0.1) is 0 Å². The molecule has 0 bridgehead atoms. The molecule has 0 saturated carbocycles. The number of benzene rings is 1. The van der Waals surface area contributed by atoms with Gasteiger partial charge in [0.2, 0.25) is 5.95 Å². The van der Waals surface area contributed by atoms with Crippen molar-refractivity contribution in [3.63, 3.8) is 0 Å². The van der Waals surface area contributed by atoms with Crippen molar-refractivity contribution in [3.05, 3.63) is 53.8 Å². The van der Waals surface area contributed by atoms with Gasteiger partial charge in [-0.3, -0.25) is 10.3 Å². The minimum atomic E-state index is -4.17. The number of aromatic nitrogens is 4. The summed E-state index contributed by atoms with van der Waals surface area (Å²) < 4.78 is 26.6. The van der Waals surface area contributed by atoms with Gasteiger partial charge in [0.15, 0.2) is 11.0 Å². The number of urea groups is 1. The average Bonchev–Trinajstić information content (AvgIpc) is 2.68. The van der Waals surface area contributed by atoms with E-state index in [2.05, 4.69) is 25.3 Å². The summed E-state index contributed by atoms with van der Waals surface area (Å²) in [7, 11) is -4.17. The number of carbonyl (C=O) groups excluding carboxylic acids is 1. The summed E-state index contributed by atoms with van der Waals surface area (Å²) in [4.78, 5) is 28.4. The van der Waals surface area contributed by atoms with Crippen LogP contribution < -0.4 is 10.0 Å². The van der Waals surface area contributed by atoms with Crippen LogP contribution in [0.25, 0.3) is 11.4 Å². The molecule has 9 nitrogen and oxygen atoms in total. The molecule has 2 aromatic heterocycles. The van der Waals surface area contributed by atoms with Gasteiger partial charge in [0.25, 0.3) is 10.0 Å². The molecule has 0 saturated heterocycles. The van der Waals surface area contributed by atoms with Crippen LogP contribution in [0.4, 0.5) is 10.7 Å². The highest BCUT2D eigenvalue weighted by molar-refractivity contribution is 7.98. The second-order valence-electron chi connectivity index (χ2n) is 5.20. The Bertz CT molecular complexity index is 1110. The number of rotatable bonds is 5. The molecule has 0 atom stereocenters. The number of nitrogens with zero attached hydrogens (tertiary/aromatic N) is 4. The van der Waals surface area contributed by atoms with E-state index in [9.17, 15) is 13.2 Å². The van der Waals surface area contributed by atoms with Crippen LogP contribution >= 0.6 is 23.4 Å². The lowest BCUT2D eigenvalue weighted by molar-refractivity contribution is 0.256. The Morgan fingerprint density at radius 3 is 2.46 bits per heavy atom. The molecule has 0 radical (unpaired) electrons. The van der Waals surface area contributed by atoms with E-state index in [1.165, 1.54) is 30.0 Å². The topological polar surface area (TPSA) is 127 Å². The highest BCUT2D eigenvalue weighted by atomic mass is 35.5. The molecule has 0 aliphatic heterocycles. The van der Waals surface area contributed by atoms with Crippen molar-refractivity contribution in [1.29, 1.82) is 0 Å². The monoisotopic (exact) mass is 436 g/mol. The van der Waals surface area contributed by atoms with Gasteiger partial charge in [0, 0.05) is 18.0 Å². The molecule has 3 aromatic rings. The summed E-state index contributed by atoms with van der Waals surface area (Å²) in [6, 6.07) is 8.14. The van der Waals surface area contributed by atoms with Crippen LogP contribution in [0.15, 0.2) is 58.8 Å². The van der Waals surface area contributed by atoms with Crippen molar-refractivity contribution in [1.82, 2.24) is 24.7 Å². The molecule has 12 heteroatoms. The van der Waals surface area contributed by atoms with Crippen LogP contribution in [-0.4, -0.2) is 40.6 Å². The van der Waals surface area contributed by atoms with Crippen molar-refractivity contribution in [2.24, 2.45) is 0 Å². The van der Waals surface area contributed by atoms with Gasteiger partial charge in [-0.15, -0.1) is 0 Å². The maximum absolute atomic E-state index is 12.3. The molecule has 0 unspecified atom stereocenters. The first-order chi connectivity index (χ1) is 13.4. The van der Waals surface area contributed by atoms with Gasteiger partial charge in [-0.2, -0.15) is 9.97 Å². The van der Waals surface area contributed by atoms with E-state index in [1.807, 2.05) is 4.72 Å². The number of hydrogen-bond acceptors (Lipinski definition) is 8. The third-order valence-electron chi connectivity index (χ3n) is 3.31. The summed E-state index contributed by atoms with van der Waals surface area (Å²) >= 11 is 7.13. The van der Waals surface area contributed by atoms with Crippen molar-refractivity contribution < 1.29 is 13.2 Å². The average molecular weight is 437 g/mol. The van der Waals surface area contributed by atoms with Gasteiger partial charge in [0.1, 0.15) is 4.90 Å². The molecule has 0 aliphatic rings. The van der Waals surface area contributed by atoms with Gasteiger partial charge in [-0.1, -0.05) is 35.5 Å². The lowest BCUT2D eigenvalue weighted by Crippen LogP contribution is -2.35. The molecule has 0 spiro atoms. The standard InChI is InChI=1S/C16H13ClN6O3S2/c1-27-16-20-13(10-6-8-18-9-7-10)19-14(22-16)21-15(24)23-28(25,26)12-5-3-2-4-11(12)17/h2-9H,1H3,(H2,19,20,21,22,23,24). The number of halogens is 1. The minimum Gasteiger partial charge on any atom is -0.275 e. The second kappa shape index (κ2) is 8.50. The van der Waals surface area contributed by atoms with E-state index in [1.54, 1.807) is 36.8 Å². The Hall–Kier alpha value is -2.76. The highest BCUT2D eigenvalue weighted by Crippen LogP contribution is 2.21. The minimum absolute atomic E-state index is 0.00685. The maximum Gasteiger partial charge on any atom is 0.335 e. The highest BCUT2D eigenvalue weighted by Gasteiger charge is 2.21. The Morgan fingerprint density at radius 1 is 1.07 bits per heavy atom. The fourth-order valence-electron chi connectivity index (χ4n) is 2.10. The van der Waals surface area contributed by atoms with Gasteiger partial charge in [0.05, 0.1) is 5.02 Å². The SMILES string of the molecule is CSc1nc(NC(=O)NS(=O)(=O)c2ccccc2Cl)nc(-c2ccncc2)n1. The zero-order chi connectivity index (χ0) is 20.1. The number of nitrogens with one attached hydrogen (secondary N) is 2. The molecule has 1 aromatic carbocycles. The number of pyridine rings is 1. The molecule has 3 rings (SSSR count). The Labute approximate surface area is 170 Å². The van der Waals surface area contributed by atoms with Crippen molar-refractivity contribution >= 4 is 45.4 Å². The molecule has 0 fully saturated rings. The molecule has 2 heterocycles. The molecular weight excluding hydrogens is 424 g/mol. The first kappa shape index (κ1) is 20.0. The van der Waals surface area contributed by atoms with Gasteiger partial charge >= 0.3 is 6.03 Å². The lowest BCUT2D eigenvalue weighted by Gasteiger charge is -2.10. The molecular formula is C16H13ClN6O3S2. The van der Waals surface area contributed by atoms with E-state index >= 15 is 0 Å². The smallest absolute Gasteiger partial charge is 0.275 e. The fourth-order valence-corrected chi connectivity index (χ4v) is 3.88. The second-order valence-corrected chi connectivity index (χ2v) is 8.03. The van der Waals surface area contributed by atoms with E-state index in [0.29, 0.717) is 16.5 Å². The Kier molecular flexibility index (Phi) is 6.07. The summed E-state index contributed by atoms with van der Waals surface area (Å²) in [6.07, 6.45) is 4.92. The van der Waals surface area contributed by atoms with Gasteiger partial charge < -0.3 is 0 Å². The predicted molar refractivity (Wildman–Crippen MR) is 106 cm³/mol. The zero-order valence-corrected chi connectivity index (χ0v) is 16.7. The Morgan fingerprint density at radius 2 is 1.79 bits per heavy atom. The summed E-state index contributed by atoms with van der Waals surface area (Å²) in [5, 5.41) is 2.65. The molecule has 28 heavy (non-hydrogen) atoms. The predicted octanol–water partition coefficient (Wildman–Crippen LogP) is 2.82. The van der Waals surface area contributed by atoms with E-state index in [0.717, 1.165) is 0 Å². The lowest BCUT2D eigenvalue weighted by atomic mass is 10.2. The number of sulfonamides is 1. The van der Waals surface area contributed by atoms with E-state index in [-0.39, 0.29) is 15.9 Å². The first-order valence-electron chi connectivity index (χ1n) is 7.68. The largest absolute Gasteiger partial charge is 0.335 e. The summed E-state index contributed by atoms with van der Waals surface area (Å²) in [6.45, 7) is 0. The van der Waals surface area contributed by atoms with Crippen LogP contribution in [0.3, 0.4) is 0 Å². The van der Waals surface area contributed by atoms with Crippen molar-refractivity contribution in [3.8, 4) is 11.4 Å². The molecule has 2 amide bonds. The maximum atomic E-state index is 12.3. The molecule has 144 valence electrons. The van der Waals surface area contributed by atoms with Crippen molar-refractivity contribution in [2.45, 2.75) is 10.1 Å². The number of thioether (sulfide) groups is 1. The molecule has 2 N–H and O–H groups in total. The van der Waals surface area contributed by atoms with Crippen LogP contribution in [0.2, 0.25) is 5.02 Å². The fraction of sp³-hybridized carbons (Fsp3) is 0.0625. The van der Waals surface area contributed by atoms with Crippen LogP contribution in [-0.2, 0) is 10.0 Å². The van der Waals surface area contributed by atoms with Crippen LogP contribution in [0.5, 0.6) is 0 Å². The first-order valence-corrected chi connectivity index (χ1v) is 10.8. The van der Waals surface area contributed by atoms with Gasteiger partial charge in [-0.05, 0) is 30.5 Å². The number of hydrogen-bond donors (Lipinski definition) is 2.